The highest BCUT2D eigenvalue weighted by molar-refractivity contribution is 5.66. The predicted octanol–water partition coefficient (Wildman–Crippen LogP) is 2.66. The summed E-state index contributed by atoms with van der Waals surface area (Å²) in [5, 5.41) is 11.8. The highest BCUT2D eigenvalue weighted by Gasteiger charge is 2.02. The molecule has 0 saturated heterocycles. The summed E-state index contributed by atoms with van der Waals surface area (Å²) < 4.78 is 0. The number of carboxylic acid groups (broad SMARTS) is 1. The monoisotopic (exact) mass is 215 g/mol. The summed E-state index contributed by atoms with van der Waals surface area (Å²) in [6, 6.07) is 0.512. The Labute approximate surface area is 93.3 Å². The maximum absolute atomic E-state index is 10.3. The molecule has 1 unspecified atom stereocenters. The summed E-state index contributed by atoms with van der Waals surface area (Å²) in [4.78, 5) is 10.3. The minimum Gasteiger partial charge on any atom is -0.481 e. The van der Waals surface area contributed by atoms with Crippen molar-refractivity contribution in [3.8, 4) is 0 Å². The van der Waals surface area contributed by atoms with E-state index in [0.29, 0.717) is 6.04 Å². The van der Waals surface area contributed by atoms with E-state index in [2.05, 4.69) is 26.1 Å². The van der Waals surface area contributed by atoms with Crippen molar-refractivity contribution in [1.82, 2.24) is 5.32 Å². The van der Waals surface area contributed by atoms with Crippen molar-refractivity contribution in [1.29, 1.82) is 0 Å². The second-order valence-corrected chi connectivity index (χ2v) is 4.68. The van der Waals surface area contributed by atoms with Gasteiger partial charge in [0.25, 0.3) is 0 Å². The highest BCUT2D eigenvalue weighted by Crippen LogP contribution is 2.08. The van der Waals surface area contributed by atoms with E-state index >= 15 is 0 Å². The van der Waals surface area contributed by atoms with Crippen molar-refractivity contribution in [2.75, 3.05) is 6.54 Å². The molecule has 0 saturated carbocycles. The average molecular weight is 215 g/mol. The molecule has 2 N–H and O–H groups in total. The van der Waals surface area contributed by atoms with Gasteiger partial charge in [0.2, 0.25) is 0 Å². The van der Waals surface area contributed by atoms with Gasteiger partial charge in [-0.1, -0.05) is 26.7 Å². The Bertz CT molecular complexity index is 169. The molecule has 0 aromatic heterocycles. The van der Waals surface area contributed by atoms with Crippen LogP contribution in [0.3, 0.4) is 0 Å². The van der Waals surface area contributed by atoms with Crippen LogP contribution in [0.2, 0.25) is 0 Å². The molecule has 0 amide bonds. The maximum Gasteiger partial charge on any atom is 0.303 e. The lowest BCUT2D eigenvalue weighted by atomic mass is 10.0. The first kappa shape index (κ1) is 14.4. The van der Waals surface area contributed by atoms with Crippen LogP contribution >= 0.6 is 0 Å². The van der Waals surface area contributed by atoms with Crippen LogP contribution in [0.5, 0.6) is 0 Å². The summed E-state index contributed by atoms with van der Waals surface area (Å²) in [6.45, 7) is 7.46. The molecule has 0 aromatic carbocycles. The fraction of sp³-hybridized carbons (Fsp3) is 0.917. The third-order valence-corrected chi connectivity index (χ3v) is 2.48. The molecule has 15 heavy (non-hydrogen) atoms. The Kier molecular flexibility index (Phi) is 8.38. The zero-order valence-corrected chi connectivity index (χ0v) is 10.3. The van der Waals surface area contributed by atoms with Crippen LogP contribution in [0.15, 0.2) is 0 Å². The molecule has 0 spiro atoms. The number of hydrogen-bond donors (Lipinski definition) is 2. The molecule has 0 aliphatic rings. The largest absolute Gasteiger partial charge is 0.481 e. The molecule has 0 fully saturated rings. The number of hydrogen-bond acceptors (Lipinski definition) is 2. The van der Waals surface area contributed by atoms with E-state index in [1.807, 2.05) is 0 Å². The van der Waals surface area contributed by atoms with Gasteiger partial charge in [-0.15, -0.1) is 0 Å². The van der Waals surface area contributed by atoms with Crippen LogP contribution in [0, 0.1) is 5.92 Å². The highest BCUT2D eigenvalue weighted by atomic mass is 16.4. The maximum atomic E-state index is 10.3. The zero-order valence-electron chi connectivity index (χ0n) is 10.3. The van der Waals surface area contributed by atoms with Gasteiger partial charge >= 0.3 is 5.97 Å². The van der Waals surface area contributed by atoms with Gasteiger partial charge in [0, 0.05) is 12.5 Å². The Morgan fingerprint density at radius 3 is 2.40 bits per heavy atom. The molecule has 0 heterocycles. The molecule has 3 heteroatoms. The van der Waals surface area contributed by atoms with Crippen LogP contribution in [0.1, 0.15) is 52.9 Å². The lowest BCUT2D eigenvalue weighted by molar-refractivity contribution is -0.137. The second-order valence-electron chi connectivity index (χ2n) is 4.68. The van der Waals surface area contributed by atoms with Crippen molar-refractivity contribution in [2.24, 2.45) is 5.92 Å². The van der Waals surface area contributed by atoms with Crippen molar-refractivity contribution in [2.45, 2.75) is 58.9 Å². The molecule has 0 rings (SSSR count). The number of carboxylic acids is 1. The van der Waals surface area contributed by atoms with Gasteiger partial charge in [0.1, 0.15) is 0 Å². The first-order valence-corrected chi connectivity index (χ1v) is 5.97. The van der Waals surface area contributed by atoms with Crippen LogP contribution in [0.25, 0.3) is 0 Å². The molecular formula is C12H25NO2. The summed E-state index contributed by atoms with van der Waals surface area (Å²) >= 11 is 0. The van der Waals surface area contributed by atoms with E-state index in [4.69, 9.17) is 5.11 Å². The standard InChI is InChI=1S/C12H25NO2/c1-10(2)6-4-7-11(3)13-9-5-8-12(14)15/h10-11,13H,4-9H2,1-3H3,(H,14,15). The zero-order chi connectivity index (χ0) is 11.7. The van der Waals surface area contributed by atoms with E-state index < -0.39 is 5.97 Å². The van der Waals surface area contributed by atoms with E-state index in [1.165, 1.54) is 19.3 Å². The van der Waals surface area contributed by atoms with Gasteiger partial charge in [0.15, 0.2) is 0 Å². The lowest BCUT2D eigenvalue weighted by Crippen LogP contribution is -2.27. The van der Waals surface area contributed by atoms with Crippen molar-refractivity contribution in [3.63, 3.8) is 0 Å². The number of aliphatic carboxylic acids is 1. The smallest absolute Gasteiger partial charge is 0.303 e. The predicted molar refractivity (Wildman–Crippen MR) is 63.0 cm³/mol. The Morgan fingerprint density at radius 1 is 1.20 bits per heavy atom. The minimum absolute atomic E-state index is 0.270. The molecule has 0 radical (unpaired) electrons. The van der Waals surface area contributed by atoms with Gasteiger partial charge in [-0.25, -0.2) is 0 Å². The van der Waals surface area contributed by atoms with Crippen LogP contribution in [0.4, 0.5) is 0 Å². The summed E-state index contributed by atoms with van der Waals surface area (Å²) in [6.07, 6.45) is 4.72. The Morgan fingerprint density at radius 2 is 1.87 bits per heavy atom. The average Bonchev–Trinajstić information content (AvgIpc) is 2.11. The number of carbonyl (C=O) groups is 1. The molecular weight excluding hydrogens is 190 g/mol. The molecule has 0 aliphatic heterocycles. The summed E-state index contributed by atoms with van der Waals surface area (Å²) in [5.41, 5.74) is 0. The van der Waals surface area contributed by atoms with Crippen LogP contribution in [-0.4, -0.2) is 23.7 Å². The van der Waals surface area contributed by atoms with Gasteiger partial charge < -0.3 is 10.4 Å². The van der Waals surface area contributed by atoms with E-state index in [0.717, 1.165) is 18.9 Å². The van der Waals surface area contributed by atoms with Crippen molar-refractivity contribution in [3.05, 3.63) is 0 Å². The molecule has 0 bridgehead atoms. The van der Waals surface area contributed by atoms with Crippen molar-refractivity contribution < 1.29 is 9.90 Å². The van der Waals surface area contributed by atoms with Gasteiger partial charge in [-0.3, -0.25) is 4.79 Å². The lowest BCUT2D eigenvalue weighted by Gasteiger charge is -2.13. The van der Waals surface area contributed by atoms with E-state index in [9.17, 15) is 4.79 Å². The molecule has 3 nitrogen and oxygen atoms in total. The van der Waals surface area contributed by atoms with Crippen LogP contribution in [-0.2, 0) is 4.79 Å². The first-order valence-electron chi connectivity index (χ1n) is 5.97. The Balaban J connectivity index is 3.25. The summed E-state index contributed by atoms with van der Waals surface area (Å²) in [5.74, 6) is 0.0773. The van der Waals surface area contributed by atoms with Gasteiger partial charge in [-0.2, -0.15) is 0 Å². The topological polar surface area (TPSA) is 49.3 Å². The van der Waals surface area contributed by atoms with E-state index in [-0.39, 0.29) is 6.42 Å². The first-order chi connectivity index (χ1) is 7.02. The molecule has 90 valence electrons. The number of nitrogens with one attached hydrogen (secondary N) is 1. The fourth-order valence-corrected chi connectivity index (χ4v) is 1.52. The molecule has 0 aromatic rings. The van der Waals surface area contributed by atoms with Crippen LogP contribution < -0.4 is 5.32 Å². The second kappa shape index (κ2) is 8.72. The van der Waals surface area contributed by atoms with Crippen molar-refractivity contribution >= 4 is 5.97 Å². The Hall–Kier alpha value is -0.570. The molecule has 1 atom stereocenters. The van der Waals surface area contributed by atoms with Gasteiger partial charge in [0.05, 0.1) is 0 Å². The van der Waals surface area contributed by atoms with E-state index in [1.54, 1.807) is 0 Å². The normalized spacial score (nSPS) is 13.1. The van der Waals surface area contributed by atoms with Gasteiger partial charge in [-0.05, 0) is 32.2 Å². The summed E-state index contributed by atoms with van der Waals surface area (Å²) in [7, 11) is 0. The third kappa shape index (κ3) is 11.4. The number of rotatable bonds is 9. The third-order valence-electron chi connectivity index (χ3n) is 2.48. The minimum atomic E-state index is -0.704. The fourth-order valence-electron chi connectivity index (χ4n) is 1.52. The quantitative estimate of drug-likeness (QED) is 0.581. The SMILES string of the molecule is CC(C)CCCC(C)NCCCC(=O)O. The molecule has 0 aliphatic carbocycles.